The van der Waals surface area contributed by atoms with E-state index in [1.54, 1.807) is 0 Å². The van der Waals surface area contributed by atoms with Crippen LogP contribution in [0.2, 0.25) is 0 Å². The normalized spacial score (nSPS) is 22.4. The fraction of sp³-hybridized carbons (Fsp3) is 0.750. The Morgan fingerprint density at radius 3 is 1.57 bits per heavy atom. The second kappa shape index (κ2) is 3.21. The van der Waals surface area contributed by atoms with Crippen LogP contribution in [0.1, 0.15) is 12.8 Å². The van der Waals surface area contributed by atoms with Gasteiger partial charge in [0.15, 0.2) is 5.41 Å². The van der Waals surface area contributed by atoms with Gasteiger partial charge < -0.3 is 20.4 Å². The zero-order valence-corrected chi connectivity index (χ0v) is 7.43. The fourth-order valence-corrected chi connectivity index (χ4v) is 1.90. The van der Waals surface area contributed by atoms with Gasteiger partial charge in [-0.1, -0.05) is 0 Å². The molecule has 0 aromatic heterocycles. The van der Waals surface area contributed by atoms with Crippen LogP contribution in [-0.4, -0.2) is 45.6 Å². The minimum absolute atomic E-state index is 0.225. The Morgan fingerprint density at radius 1 is 1.00 bits per heavy atom. The lowest BCUT2D eigenvalue weighted by molar-refractivity contribution is -0.190. The predicted molar refractivity (Wildman–Crippen MR) is 43.5 cm³/mol. The van der Waals surface area contributed by atoms with Crippen LogP contribution in [0, 0.1) is 10.8 Å². The Hall–Kier alpha value is -1.14. The maximum Gasteiger partial charge on any atom is 0.321 e. The third-order valence-electron chi connectivity index (χ3n) is 2.84. The van der Waals surface area contributed by atoms with Gasteiger partial charge in [0.25, 0.3) is 0 Å². The molecule has 0 unspecified atom stereocenters. The highest BCUT2D eigenvalue weighted by Crippen LogP contribution is 2.54. The molecule has 1 aliphatic carbocycles. The lowest BCUT2D eigenvalue weighted by Gasteiger charge is -2.49. The monoisotopic (exact) mass is 204 g/mol. The Morgan fingerprint density at radius 2 is 1.36 bits per heavy atom. The number of hydrogen-bond acceptors (Lipinski definition) is 4. The highest BCUT2D eigenvalue weighted by molar-refractivity contribution is 5.99. The van der Waals surface area contributed by atoms with Crippen molar-refractivity contribution in [3.05, 3.63) is 0 Å². The van der Waals surface area contributed by atoms with Crippen molar-refractivity contribution in [2.24, 2.45) is 10.8 Å². The fourth-order valence-electron chi connectivity index (χ4n) is 1.90. The largest absolute Gasteiger partial charge is 0.480 e. The van der Waals surface area contributed by atoms with E-state index < -0.39 is 36.0 Å². The first-order valence-corrected chi connectivity index (χ1v) is 4.11. The van der Waals surface area contributed by atoms with Gasteiger partial charge in [-0.05, 0) is 12.8 Å². The minimum Gasteiger partial charge on any atom is -0.480 e. The van der Waals surface area contributed by atoms with Crippen LogP contribution in [-0.2, 0) is 9.59 Å². The second-order valence-electron chi connectivity index (χ2n) is 3.86. The number of aliphatic hydroxyl groups is 2. The topological polar surface area (TPSA) is 115 Å². The first kappa shape index (κ1) is 10.9. The number of aliphatic hydroxyl groups excluding tert-OH is 2. The van der Waals surface area contributed by atoms with E-state index >= 15 is 0 Å². The Balaban J connectivity index is 2.83. The van der Waals surface area contributed by atoms with Crippen molar-refractivity contribution in [3.8, 4) is 0 Å². The van der Waals surface area contributed by atoms with Crippen molar-refractivity contribution in [2.75, 3.05) is 13.2 Å². The molecule has 0 saturated heterocycles. The third-order valence-corrected chi connectivity index (χ3v) is 2.84. The molecule has 1 aliphatic rings. The average Bonchev–Trinajstić information content (AvgIpc) is 2.03. The van der Waals surface area contributed by atoms with Crippen molar-refractivity contribution in [2.45, 2.75) is 12.8 Å². The summed E-state index contributed by atoms with van der Waals surface area (Å²) in [6, 6.07) is 0. The van der Waals surface area contributed by atoms with E-state index in [0.717, 1.165) is 0 Å². The molecule has 14 heavy (non-hydrogen) atoms. The van der Waals surface area contributed by atoms with Crippen LogP contribution in [0.15, 0.2) is 0 Å². The standard InChI is InChI=1S/C8H12O6/c9-3-7(4-10)1-8(2-7,5(11)12)6(13)14/h9-10H,1-4H2,(H,11,12)(H,13,14). The molecule has 4 N–H and O–H groups in total. The molecule has 0 atom stereocenters. The summed E-state index contributed by atoms with van der Waals surface area (Å²) in [5.74, 6) is -2.83. The van der Waals surface area contributed by atoms with Gasteiger partial charge >= 0.3 is 11.9 Å². The molecule has 0 amide bonds. The molecule has 6 nitrogen and oxygen atoms in total. The second-order valence-corrected chi connectivity index (χ2v) is 3.86. The van der Waals surface area contributed by atoms with Gasteiger partial charge in [0.2, 0.25) is 0 Å². The van der Waals surface area contributed by atoms with Crippen molar-refractivity contribution in [3.63, 3.8) is 0 Å². The molecule has 0 spiro atoms. The molecule has 1 saturated carbocycles. The van der Waals surface area contributed by atoms with Crippen LogP contribution in [0.25, 0.3) is 0 Å². The first-order valence-electron chi connectivity index (χ1n) is 4.11. The van der Waals surface area contributed by atoms with Gasteiger partial charge in [-0.15, -0.1) is 0 Å². The SMILES string of the molecule is O=C(O)C1(C(=O)O)CC(CO)(CO)C1. The molecule has 0 aromatic carbocycles. The summed E-state index contributed by atoms with van der Waals surface area (Å²) in [6.45, 7) is -0.794. The maximum absolute atomic E-state index is 10.7. The summed E-state index contributed by atoms with van der Waals surface area (Å²) in [5.41, 5.74) is -2.78. The number of rotatable bonds is 4. The van der Waals surface area contributed by atoms with Crippen LogP contribution in [0.4, 0.5) is 0 Å². The van der Waals surface area contributed by atoms with E-state index in [2.05, 4.69) is 0 Å². The van der Waals surface area contributed by atoms with Crippen molar-refractivity contribution in [1.82, 2.24) is 0 Å². The lowest BCUT2D eigenvalue weighted by atomic mass is 9.53. The molecule has 0 aromatic rings. The van der Waals surface area contributed by atoms with Gasteiger partial charge in [0.1, 0.15) is 0 Å². The molecule has 0 bridgehead atoms. The van der Waals surface area contributed by atoms with Crippen molar-refractivity contribution in [1.29, 1.82) is 0 Å². The number of carboxylic acids is 2. The molecular weight excluding hydrogens is 192 g/mol. The summed E-state index contributed by atoms with van der Waals surface area (Å²) in [7, 11) is 0. The number of aliphatic carboxylic acids is 2. The Bertz CT molecular complexity index is 243. The van der Waals surface area contributed by atoms with Crippen LogP contribution < -0.4 is 0 Å². The number of hydrogen-bond donors (Lipinski definition) is 4. The average molecular weight is 204 g/mol. The molecule has 1 fully saturated rings. The summed E-state index contributed by atoms with van der Waals surface area (Å²) >= 11 is 0. The smallest absolute Gasteiger partial charge is 0.321 e. The van der Waals surface area contributed by atoms with Gasteiger partial charge in [-0.25, -0.2) is 0 Å². The van der Waals surface area contributed by atoms with E-state index in [9.17, 15) is 9.59 Å². The van der Waals surface area contributed by atoms with E-state index in [4.69, 9.17) is 20.4 Å². The number of carbonyl (C=O) groups is 2. The third kappa shape index (κ3) is 1.27. The number of carboxylic acid groups (broad SMARTS) is 2. The predicted octanol–water partition coefficient (Wildman–Crippen LogP) is -1.09. The molecule has 1 rings (SSSR count). The van der Waals surface area contributed by atoms with Gasteiger partial charge in [0.05, 0.1) is 13.2 Å². The molecular formula is C8H12O6. The van der Waals surface area contributed by atoms with Crippen LogP contribution >= 0.6 is 0 Å². The highest BCUT2D eigenvalue weighted by atomic mass is 16.4. The quantitative estimate of drug-likeness (QED) is 0.432. The summed E-state index contributed by atoms with van der Waals surface area (Å²) < 4.78 is 0. The first-order chi connectivity index (χ1) is 6.42. The van der Waals surface area contributed by atoms with Crippen molar-refractivity contribution < 1.29 is 30.0 Å². The van der Waals surface area contributed by atoms with Gasteiger partial charge in [-0.3, -0.25) is 9.59 Å². The minimum atomic E-state index is -1.83. The zero-order valence-electron chi connectivity index (χ0n) is 7.43. The Kier molecular flexibility index (Phi) is 2.51. The summed E-state index contributed by atoms with van der Waals surface area (Å²) in [4.78, 5) is 21.4. The molecule has 0 heterocycles. The van der Waals surface area contributed by atoms with E-state index in [1.165, 1.54) is 0 Å². The molecule has 80 valence electrons. The van der Waals surface area contributed by atoms with Gasteiger partial charge in [-0.2, -0.15) is 0 Å². The zero-order chi connectivity index (χ0) is 11.0. The van der Waals surface area contributed by atoms with E-state index in [0.29, 0.717) is 0 Å². The van der Waals surface area contributed by atoms with E-state index in [-0.39, 0.29) is 12.8 Å². The van der Waals surface area contributed by atoms with Crippen LogP contribution in [0.3, 0.4) is 0 Å². The highest BCUT2D eigenvalue weighted by Gasteiger charge is 2.63. The molecule has 6 heteroatoms. The molecule has 0 aliphatic heterocycles. The Labute approximate surface area is 79.8 Å². The lowest BCUT2D eigenvalue weighted by Crippen LogP contribution is -2.58. The molecule has 0 radical (unpaired) electrons. The summed E-state index contributed by atoms with van der Waals surface area (Å²) in [5, 5.41) is 35.2. The van der Waals surface area contributed by atoms with Gasteiger partial charge in [0, 0.05) is 5.41 Å². The van der Waals surface area contributed by atoms with Crippen LogP contribution in [0.5, 0.6) is 0 Å². The maximum atomic E-state index is 10.7. The van der Waals surface area contributed by atoms with E-state index in [1.807, 2.05) is 0 Å². The summed E-state index contributed by atoms with van der Waals surface area (Å²) in [6.07, 6.45) is -0.449. The van der Waals surface area contributed by atoms with Crippen molar-refractivity contribution >= 4 is 11.9 Å².